The van der Waals surface area contributed by atoms with Crippen molar-refractivity contribution in [3.63, 3.8) is 0 Å². The highest BCUT2D eigenvalue weighted by molar-refractivity contribution is 5.17. The molecule has 0 N–H and O–H groups in total. The summed E-state index contributed by atoms with van der Waals surface area (Å²) in [5.74, 6) is -1.01. The van der Waals surface area contributed by atoms with E-state index in [2.05, 4.69) is 24.3 Å². The molecule has 1 aromatic carbocycles. The Morgan fingerprint density at radius 3 is 2.33 bits per heavy atom. The third kappa shape index (κ3) is 3.11. The Morgan fingerprint density at radius 1 is 0.917 bits per heavy atom. The molecule has 0 amide bonds. The number of ether oxygens (including phenoxy) is 5. The van der Waals surface area contributed by atoms with Crippen molar-refractivity contribution in [1.82, 2.24) is 0 Å². The summed E-state index contributed by atoms with van der Waals surface area (Å²) < 4.78 is 30.1. The van der Waals surface area contributed by atoms with Crippen molar-refractivity contribution in [2.75, 3.05) is 6.61 Å². The minimum atomic E-state index is -0.610. The van der Waals surface area contributed by atoms with E-state index in [0.717, 1.165) is 6.42 Å². The zero-order chi connectivity index (χ0) is 16.9. The van der Waals surface area contributed by atoms with Crippen molar-refractivity contribution in [3.05, 3.63) is 35.9 Å². The summed E-state index contributed by atoms with van der Waals surface area (Å²) in [4.78, 5) is 0. The van der Waals surface area contributed by atoms with E-state index < -0.39 is 11.6 Å². The first-order valence-corrected chi connectivity index (χ1v) is 8.70. The lowest BCUT2D eigenvalue weighted by Gasteiger charge is -2.29. The topological polar surface area (TPSA) is 46.2 Å². The van der Waals surface area contributed by atoms with Crippen LogP contribution in [0.4, 0.5) is 0 Å². The molecule has 0 aromatic heterocycles. The first-order valence-electron chi connectivity index (χ1n) is 8.70. The van der Waals surface area contributed by atoms with Crippen LogP contribution in [0.25, 0.3) is 0 Å². The van der Waals surface area contributed by atoms with Crippen molar-refractivity contribution < 1.29 is 23.7 Å². The second-order valence-electron chi connectivity index (χ2n) is 7.79. The fraction of sp³-hybridized carbons (Fsp3) is 0.684. The predicted octanol–water partition coefficient (Wildman–Crippen LogP) is 2.87. The Bertz CT molecular complexity index is 585. The molecule has 1 aromatic rings. The summed E-state index contributed by atoms with van der Waals surface area (Å²) in [6.45, 7) is 8.27. The van der Waals surface area contributed by atoms with Gasteiger partial charge >= 0.3 is 0 Å². The lowest BCUT2D eigenvalue weighted by atomic mass is 9.88. The molecular weight excluding hydrogens is 308 g/mol. The van der Waals surface area contributed by atoms with Crippen molar-refractivity contribution in [2.24, 2.45) is 5.92 Å². The van der Waals surface area contributed by atoms with Gasteiger partial charge in [0.2, 0.25) is 0 Å². The molecule has 3 heterocycles. The maximum Gasteiger partial charge on any atom is 0.187 e. The normalized spacial score (nSPS) is 39.9. The van der Waals surface area contributed by atoms with Gasteiger partial charge in [0.25, 0.3) is 0 Å². The predicted molar refractivity (Wildman–Crippen MR) is 87.2 cm³/mol. The number of hydrogen-bond acceptors (Lipinski definition) is 5. The zero-order valence-corrected chi connectivity index (χ0v) is 14.7. The van der Waals surface area contributed by atoms with Crippen LogP contribution in [0.15, 0.2) is 30.3 Å². The van der Waals surface area contributed by atoms with Crippen LogP contribution in [-0.4, -0.2) is 42.8 Å². The zero-order valence-electron chi connectivity index (χ0n) is 14.7. The van der Waals surface area contributed by atoms with E-state index in [0.29, 0.717) is 6.61 Å². The van der Waals surface area contributed by atoms with E-state index in [1.807, 2.05) is 33.8 Å². The molecule has 5 nitrogen and oxygen atoms in total. The Morgan fingerprint density at radius 2 is 1.67 bits per heavy atom. The Hall–Kier alpha value is -0.980. The number of fused-ring (bicyclic) bond motifs is 1. The number of rotatable bonds is 3. The van der Waals surface area contributed by atoms with Crippen LogP contribution in [0.5, 0.6) is 0 Å². The van der Waals surface area contributed by atoms with Gasteiger partial charge in [-0.3, -0.25) is 0 Å². The molecule has 3 fully saturated rings. The fourth-order valence-corrected chi connectivity index (χ4v) is 3.95. The maximum absolute atomic E-state index is 6.23. The standard InChI is InChI=1S/C19H26O5/c1-18(2)20-11-14(22-18)15-13(10-12-8-6-5-7-9-12)16-17(21-15)24-19(3,4)23-16/h5-9,13-17H,10-11H2,1-4H3. The van der Waals surface area contributed by atoms with Gasteiger partial charge in [0.05, 0.1) is 12.7 Å². The van der Waals surface area contributed by atoms with Crippen LogP contribution in [0, 0.1) is 5.92 Å². The second kappa shape index (κ2) is 5.78. The van der Waals surface area contributed by atoms with E-state index in [-0.39, 0.29) is 30.5 Å². The molecule has 3 aliphatic rings. The van der Waals surface area contributed by atoms with Crippen LogP contribution < -0.4 is 0 Å². The van der Waals surface area contributed by atoms with Gasteiger partial charge in [-0.1, -0.05) is 30.3 Å². The van der Waals surface area contributed by atoms with Gasteiger partial charge in [0, 0.05) is 5.92 Å². The minimum Gasteiger partial charge on any atom is -0.348 e. The van der Waals surface area contributed by atoms with Crippen molar-refractivity contribution >= 4 is 0 Å². The van der Waals surface area contributed by atoms with Crippen LogP contribution >= 0.6 is 0 Å². The van der Waals surface area contributed by atoms with E-state index in [9.17, 15) is 0 Å². The third-order valence-electron chi connectivity index (χ3n) is 4.93. The third-order valence-corrected chi connectivity index (χ3v) is 4.93. The van der Waals surface area contributed by atoms with Crippen LogP contribution in [0.1, 0.15) is 33.3 Å². The second-order valence-corrected chi connectivity index (χ2v) is 7.79. The van der Waals surface area contributed by atoms with Gasteiger partial charge in [-0.05, 0) is 39.7 Å². The van der Waals surface area contributed by atoms with Crippen molar-refractivity contribution in [1.29, 1.82) is 0 Å². The molecule has 0 spiro atoms. The Balaban J connectivity index is 1.57. The molecule has 5 heteroatoms. The first-order chi connectivity index (χ1) is 11.3. The van der Waals surface area contributed by atoms with Gasteiger partial charge in [-0.2, -0.15) is 0 Å². The molecule has 4 rings (SSSR count). The number of hydrogen-bond donors (Lipinski definition) is 0. The van der Waals surface area contributed by atoms with Gasteiger partial charge in [-0.25, -0.2) is 0 Å². The molecule has 24 heavy (non-hydrogen) atoms. The lowest BCUT2D eigenvalue weighted by molar-refractivity contribution is -0.227. The van der Waals surface area contributed by atoms with E-state index in [1.165, 1.54) is 5.56 Å². The molecule has 0 bridgehead atoms. The molecule has 0 aliphatic carbocycles. The molecule has 5 atom stereocenters. The minimum absolute atomic E-state index is 0.0856. The summed E-state index contributed by atoms with van der Waals surface area (Å²) >= 11 is 0. The Labute approximate surface area is 143 Å². The van der Waals surface area contributed by atoms with Gasteiger partial charge < -0.3 is 23.7 Å². The molecule has 132 valence electrons. The SMILES string of the molecule is CC1(C)OCC(C2OC3OC(C)(C)OC3C2Cc2ccccc2)O1. The molecule has 3 aliphatic heterocycles. The summed E-state index contributed by atoms with van der Waals surface area (Å²) in [6.07, 6.45) is 0.239. The average molecular weight is 334 g/mol. The molecule has 5 unspecified atom stereocenters. The molecule has 0 saturated carbocycles. The van der Waals surface area contributed by atoms with Gasteiger partial charge in [-0.15, -0.1) is 0 Å². The van der Waals surface area contributed by atoms with E-state index in [1.54, 1.807) is 0 Å². The average Bonchev–Trinajstić information content (AvgIpc) is 3.11. The van der Waals surface area contributed by atoms with E-state index in [4.69, 9.17) is 23.7 Å². The molecule has 0 radical (unpaired) electrons. The van der Waals surface area contributed by atoms with Gasteiger partial charge in [0.15, 0.2) is 17.9 Å². The maximum atomic E-state index is 6.23. The van der Waals surface area contributed by atoms with E-state index >= 15 is 0 Å². The Kier molecular flexibility index (Phi) is 3.97. The number of benzene rings is 1. The van der Waals surface area contributed by atoms with Gasteiger partial charge in [0.1, 0.15) is 12.2 Å². The lowest BCUT2D eigenvalue weighted by Crippen LogP contribution is -2.40. The summed E-state index contributed by atoms with van der Waals surface area (Å²) in [7, 11) is 0. The fourth-order valence-electron chi connectivity index (χ4n) is 3.95. The highest BCUT2D eigenvalue weighted by atomic mass is 16.8. The van der Waals surface area contributed by atoms with Crippen LogP contribution in [-0.2, 0) is 30.1 Å². The smallest absolute Gasteiger partial charge is 0.187 e. The quantitative estimate of drug-likeness (QED) is 0.850. The van der Waals surface area contributed by atoms with Crippen LogP contribution in [0.2, 0.25) is 0 Å². The molecule has 3 saturated heterocycles. The first kappa shape index (κ1) is 16.5. The molecular formula is C19H26O5. The van der Waals surface area contributed by atoms with Crippen molar-refractivity contribution in [3.8, 4) is 0 Å². The van der Waals surface area contributed by atoms with Crippen LogP contribution in [0.3, 0.4) is 0 Å². The monoisotopic (exact) mass is 334 g/mol. The highest BCUT2D eigenvalue weighted by Crippen LogP contribution is 2.44. The summed E-state index contributed by atoms with van der Waals surface area (Å²) in [5.41, 5.74) is 1.27. The largest absolute Gasteiger partial charge is 0.348 e. The van der Waals surface area contributed by atoms with Crippen molar-refractivity contribution in [2.45, 2.75) is 70.3 Å². The summed E-state index contributed by atoms with van der Waals surface area (Å²) in [6, 6.07) is 10.4. The summed E-state index contributed by atoms with van der Waals surface area (Å²) in [5, 5.41) is 0. The highest BCUT2D eigenvalue weighted by Gasteiger charge is 2.57.